The highest BCUT2D eigenvalue weighted by Gasteiger charge is 2.42. The van der Waals surface area contributed by atoms with Gasteiger partial charge in [-0.2, -0.15) is 0 Å². The summed E-state index contributed by atoms with van der Waals surface area (Å²) in [5.74, 6) is 0. The van der Waals surface area contributed by atoms with Gasteiger partial charge in [0.1, 0.15) is 0 Å². The minimum Gasteiger partial charge on any atom is -0.327 e. The molecule has 1 saturated carbocycles. The number of rotatable bonds is 6. The maximum Gasteiger partial charge on any atom is 0.00929 e. The Morgan fingerprint density at radius 1 is 1.25 bits per heavy atom. The summed E-state index contributed by atoms with van der Waals surface area (Å²) in [6, 6.07) is 0.481. The van der Waals surface area contributed by atoms with Crippen LogP contribution in [0.15, 0.2) is 0 Å². The van der Waals surface area contributed by atoms with E-state index in [0.29, 0.717) is 11.5 Å². The zero-order valence-electron chi connectivity index (χ0n) is 8.60. The van der Waals surface area contributed by atoms with Crippen molar-refractivity contribution >= 4 is 0 Å². The summed E-state index contributed by atoms with van der Waals surface area (Å²) >= 11 is 0. The second kappa shape index (κ2) is 4.27. The van der Waals surface area contributed by atoms with Gasteiger partial charge in [0.25, 0.3) is 0 Å². The van der Waals surface area contributed by atoms with Crippen molar-refractivity contribution in [3.05, 3.63) is 0 Å². The molecule has 1 aliphatic rings. The molecule has 0 aromatic heterocycles. The van der Waals surface area contributed by atoms with Crippen molar-refractivity contribution in [3.8, 4) is 0 Å². The van der Waals surface area contributed by atoms with Crippen molar-refractivity contribution in [3.63, 3.8) is 0 Å². The van der Waals surface area contributed by atoms with Crippen LogP contribution in [-0.4, -0.2) is 6.04 Å². The van der Waals surface area contributed by atoms with Gasteiger partial charge in [0, 0.05) is 6.04 Å². The zero-order chi connectivity index (χ0) is 9.03. The van der Waals surface area contributed by atoms with Gasteiger partial charge in [-0.1, -0.05) is 39.5 Å². The average molecular weight is 169 g/mol. The molecule has 0 amide bonds. The predicted molar refractivity (Wildman–Crippen MR) is 54.1 cm³/mol. The second-order valence-electron chi connectivity index (χ2n) is 4.61. The van der Waals surface area contributed by atoms with Crippen LogP contribution in [0.2, 0.25) is 0 Å². The maximum atomic E-state index is 6.10. The fraction of sp³-hybridized carbons (Fsp3) is 1.00. The highest BCUT2D eigenvalue weighted by atomic mass is 14.7. The van der Waals surface area contributed by atoms with E-state index in [0.717, 1.165) is 0 Å². The monoisotopic (exact) mass is 169 g/mol. The van der Waals surface area contributed by atoms with Gasteiger partial charge < -0.3 is 5.73 Å². The molecule has 1 rings (SSSR count). The van der Waals surface area contributed by atoms with Crippen LogP contribution in [0.3, 0.4) is 0 Å². The number of nitrogens with two attached hydrogens (primary N) is 1. The summed E-state index contributed by atoms with van der Waals surface area (Å²) in [7, 11) is 0. The SMILES string of the molecule is CCCCCCC(N)C1(C)CC1. The average Bonchev–Trinajstić information content (AvgIpc) is 2.78. The largest absolute Gasteiger partial charge is 0.327 e. The summed E-state index contributed by atoms with van der Waals surface area (Å²) in [5, 5.41) is 0. The summed E-state index contributed by atoms with van der Waals surface area (Å²) in [6.45, 7) is 4.58. The van der Waals surface area contributed by atoms with E-state index in [1.807, 2.05) is 0 Å². The van der Waals surface area contributed by atoms with Gasteiger partial charge in [0.05, 0.1) is 0 Å². The van der Waals surface area contributed by atoms with Crippen LogP contribution in [0, 0.1) is 5.41 Å². The summed E-state index contributed by atoms with van der Waals surface area (Å²) in [5.41, 5.74) is 6.63. The molecule has 72 valence electrons. The minimum atomic E-state index is 0.481. The maximum absolute atomic E-state index is 6.10. The van der Waals surface area contributed by atoms with Gasteiger partial charge >= 0.3 is 0 Å². The van der Waals surface area contributed by atoms with Crippen molar-refractivity contribution in [1.29, 1.82) is 0 Å². The number of hydrogen-bond acceptors (Lipinski definition) is 1. The molecule has 0 saturated heterocycles. The molecule has 0 aromatic rings. The molecular formula is C11H23N. The van der Waals surface area contributed by atoms with Crippen molar-refractivity contribution in [2.75, 3.05) is 0 Å². The number of unbranched alkanes of at least 4 members (excludes halogenated alkanes) is 3. The lowest BCUT2D eigenvalue weighted by Gasteiger charge is -2.18. The molecule has 1 atom stereocenters. The zero-order valence-corrected chi connectivity index (χ0v) is 8.60. The Bertz CT molecular complexity index is 127. The van der Waals surface area contributed by atoms with Gasteiger partial charge in [0.15, 0.2) is 0 Å². The smallest absolute Gasteiger partial charge is 0.00929 e. The third-order valence-corrected chi connectivity index (χ3v) is 3.30. The first-order valence-corrected chi connectivity index (χ1v) is 5.44. The fourth-order valence-corrected chi connectivity index (χ4v) is 1.71. The van der Waals surface area contributed by atoms with E-state index < -0.39 is 0 Å². The molecule has 0 heterocycles. The lowest BCUT2D eigenvalue weighted by Crippen LogP contribution is -2.29. The molecule has 1 heteroatoms. The fourth-order valence-electron chi connectivity index (χ4n) is 1.71. The second-order valence-corrected chi connectivity index (χ2v) is 4.61. The van der Waals surface area contributed by atoms with Crippen molar-refractivity contribution in [2.45, 2.75) is 64.8 Å². The highest BCUT2D eigenvalue weighted by Crippen LogP contribution is 2.48. The first-order chi connectivity index (χ1) is 5.69. The van der Waals surface area contributed by atoms with Crippen LogP contribution in [-0.2, 0) is 0 Å². The van der Waals surface area contributed by atoms with E-state index in [4.69, 9.17) is 5.73 Å². The molecule has 1 unspecified atom stereocenters. The van der Waals surface area contributed by atoms with E-state index in [9.17, 15) is 0 Å². The summed E-state index contributed by atoms with van der Waals surface area (Å²) < 4.78 is 0. The Morgan fingerprint density at radius 3 is 2.42 bits per heavy atom. The van der Waals surface area contributed by atoms with E-state index in [1.54, 1.807) is 0 Å². The molecule has 0 bridgehead atoms. The lowest BCUT2D eigenvalue weighted by molar-refractivity contribution is 0.396. The summed E-state index contributed by atoms with van der Waals surface area (Å²) in [6.07, 6.45) is 9.39. The van der Waals surface area contributed by atoms with E-state index >= 15 is 0 Å². The molecule has 0 aromatic carbocycles. The van der Waals surface area contributed by atoms with Gasteiger partial charge in [-0.3, -0.25) is 0 Å². The van der Waals surface area contributed by atoms with Crippen molar-refractivity contribution < 1.29 is 0 Å². The molecule has 0 spiro atoms. The third kappa shape index (κ3) is 2.78. The quantitative estimate of drug-likeness (QED) is 0.607. The van der Waals surface area contributed by atoms with Gasteiger partial charge in [-0.25, -0.2) is 0 Å². The highest BCUT2D eigenvalue weighted by molar-refractivity contribution is 4.96. The summed E-state index contributed by atoms with van der Waals surface area (Å²) in [4.78, 5) is 0. The van der Waals surface area contributed by atoms with Gasteiger partial charge in [0.2, 0.25) is 0 Å². The molecule has 0 radical (unpaired) electrons. The Morgan fingerprint density at radius 2 is 1.92 bits per heavy atom. The predicted octanol–water partition coefficient (Wildman–Crippen LogP) is 3.08. The van der Waals surface area contributed by atoms with Crippen LogP contribution >= 0.6 is 0 Å². The van der Waals surface area contributed by atoms with E-state index in [-0.39, 0.29) is 0 Å². The minimum absolute atomic E-state index is 0.481. The van der Waals surface area contributed by atoms with E-state index in [1.165, 1.54) is 44.9 Å². The van der Waals surface area contributed by atoms with Crippen molar-refractivity contribution in [1.82, 2.24) is 0 Å². The van der Waals surface area contributed by atoms with Crippen LogP contribution in [0.1, 0.15) is 58.8 Å². The Hall–Kier alpha value is -0.0400. The Labute approximate surface area is 76.7 Å². The lowest BCUT2D eigenvalue weighted by atomic mass is 9.94. The molecule has 1 aliphatic carbocycles. The first kappa shape index (κ1) is 10.0. The molecule has 0 aliphatic heterocycles. The molecule has 1 nitrogen and oxygen atoms in total. The first-order valence-electron chi connectivity index (χ1n) is 5.44. The van der Waals surface area contributed by atoms with Crippen LogP contribution in [0.5, 0.6) is 0 Å². The van der Waals surface area contributed by atoms with Gasteiger partial charge in [-0.05, 0) is 24.7 Å². The van der Waals surface area contributed by atoms with Gasteiger partial charge in [-0.15, -0.1) is 0 Å². The van der Waals surface area contributed by atoms with E-state index in [2.05, 4.69) is 13.8 Å². The molecule has 12 heavy (non-hydrogen) atoms. The number of hydrogen-bond donors (Lipinski definition) is 1. The Balaban J connectivity index is 1.99. The Kier molecular flexibility index (Phi) is 3.57. The molecular weight excluding hydrogens is 146 g/mol. The van der Waals surface area contributed by atoms with Crippen LogP contribution in [0.25, 0.3) is 0 Å². The topological polar surface area (TPSA) is 26.0 Å². The van der Waals surface area contributed by atoms with Crippen LogP contribution < -0.4 is 5.73 Å². The van der Waals surface area contributed by atoms with Crippen LogP contribution in [0.4, 0.5) is 0 Å². The van der Waals surface area contributed by atoms with Crippen molar-refractivity contribution in [2.24, 2.45) is 11.1 Å². The molecule has 2 N–H and O–H groups in total. The third-order valence-electron chi connectivity index (χ3n) is 3.30. The standard InChI is InChI=1S/C11H23N/c1-3-4-5-6-7-10(12)11(2)8-9-11/h10H,3-9,12H2,1-2H3. The normalized spacial score (nSPS) is 22.2. The molecule has 1 fully saturated rings.